The number of nitrogens with zero attached hydrogens (tertiary/aromatic N) is 2. The van der Waals surface area contributed by atoms with Crippen LogP contribution < -0.4 is 5.32 Å². The van der Waals surface area contributed by atoms with E-state index in [-0.39, 0.29) is 12.0 Å². The highest BCUT2D eigenvalue weighted by atomic mass is 19.4. The van der Waals surface area contributed by atoms with Crippen LogP contribution in [0.5, 0.6) is 0 Å². The summed E-state index contributed by atoms with van der Waals surface area (Å²) in [5.41, 5.74) is 1.82. The molecule has 178 valence electrons. The SMILES string of the molecule is O=C(O)CC(c1ccccc1)n1cnc2ccc(NC(=O)c3ccc(C(=O)C(F)(F)F)cc3)cc21. The van der Waals surface area contributed by atoms with Crippen LogP contribution in [0.15, 0.2) is 79.1 Å². The zero-order chi connectivity index (χ0) is 25.2. The van der Waals surface area contributed by atoms with E-state index in [0.717, 1.165) is 29.8 Å². The van der Waals surface area contributed by atoms with E-state index in [9.17, 15) is 32.7 Å². The second-order valence-electron chi connectivity index (χ2n) is 7.74. The summed E-state index contributed by atoms with van der Waals surface area (Å²) >= 11 is 0. The largest absolute Gasteiger partial charge is 0.481 e. The molecule has 0 spiro atoms. The van der Waals surface area contributed by atoms with E-state index in [4.69, 9.17) is 0 Å². The van der Waals surface area contributed by atoms with Crippen LogP contribution >= 0.6 is 0 Å². The number of nitrogens with one attached hydrogen (secondary N) is 1. The predicted molar refractivity (Wildman–Crippen MR) is 121 cm³/mol. The molecule has 1 atom stereocenters. The van der Waals surface area contributed by atoms with E-state index < -0.39 is 35.4 Å². The number of benzene rings is 3. The van der Waals surface area contributed by atoms with Gasteiger partial charge in [-0.2, -0.15) is 13.2 Å². The molecule has 1 amide bonds. The van der Waals surface area contributed by atoms with Crippen molar-refractivity contribution >= 4 is 34.4 Å². The highest BCUT2D eigenvalue weighted by Crippen LogP contribution is 2.28. The number of halogens is 3. The summed E-state index contributed by atoms with van der Waals surface area (Å²) < 4.78 is 39.5. The van der Waals surface area contributed by atoms with Gasteiger partial charge in [0.05, 0.1) is 29.8 Å². The molecule has 7 nitrogen and oxygen atoms in total. The highest BCUT2D eigenvalue weighted by Gasteiger charge is 2.39. The van der Waals surface area contributed by atoms with Gasteiger partial charge in [-0.1, -0.05) is 42.5 Å². The Bertz CT molecular complexity index is 1400. The standard InChI is InChI=1S/C25H18F3N3O4/c26-25(27,28)23(34)16-6-8-17(9-7-16)24(35)30-18-10-11-19-21(12-18)31(14-29-19)20(13-22(32)33)15-4-2-1-3-5-15/h1-12,14,20H,13H2,(H,30,35)(H,32,33). The van der Waals surface area contributed by atoms with E-state index in [1.807, 2.05) is 30.3 Å². The van der Waals surface area contributed by atoms with Crippen LogP contribution in [0.2, 0.25) is 0 Å². The van der Waals surface area contributed by atoms with Crippen LogP contribution in [0.25, 0.3) is 11.0 Å². The number of carbonyl (C=O) groups is 3. The van der Waals surface area contributed by atoms with Gasteiger partial charge in [0.15, 0.2) is 0 Å². The van der Waals surface area contributed by atoms with Crippen molar-refractivity contribution in [2.24, 2.45) is 0 Å². The Labute approximate surface area is 196 Å². The van der Waals surface area contributed by atoms with Crippen molar-refractivity contribution in [1.29, 1.82) is 0 Å². The lowest BCUT2D eigenvalue weighted by Gasteiger charge is -2.18. The van der Waals surface area contributed by atoms with Gasteiger partial charge >= 0.3 is 12.1 Å². The molecule has 0 saturated heterocycles. The number of carboxylic acid groups (broad SMARTS) is 1. The van der Waals surface area contributed by atoms with E-state index in [2.05, 4.69) is 10.3 Å². The second kappa shape index (κ2) is 9.41. The quantitative estimate of drug-likeness (QED) is 0.358. The zero-order valence-corrected chi connectivity index (χ0v) is 18.0. The molecule has 1 unspecified atom stereocenters. The molecule has 0 saturated carbocycles. The van der Waals surface area contributed by atoms with Crippen LogP contribution in [0.3, 0.4) is 0 Å². The number of alkyl halides is 3. The summed E-state index contributed by atoms with van der Waals surface area (Å²) in [6.07, 6.45) is -3.65. The molecule has 1 aromatic heterocycles. The van der Waals surface area contributed by atoms with Gasteiger partial charge in [0.1, 0.15) is 0 Å². The first-order chi connectivity index (χ1) is 16.6. The number of Topliss-reactive ketones (excluding diaryl/α,β-unsaturated/α-hetero) is 1. The average molecular weight is 481 g/mol. The van der Waals surface area contributed by atoms with Crippen LogP contribution in [-0.2, 0) is 4.79 Å². The Morgan fingerprint density at radius 2 is 1.60 bits per heavy atom. The molecule has 3 aromatic carbocycles. The maximum absolute atomic E-state index is 12.6. The fraction of sp³-hybridized carbons (Fsp3) is 0.120. The normalized spacial score (nSPS) is 12.3. The monoisotopic (exact) mass is 481 g/mol. The molecule has 1 heterocycles. The first-order valence-corrected chi connectivity index (χ1v) is 10.4. The number of aliphatic carboxylic acids is 1. The molecule has 4 aromatic rings. The molecule has 10 heteroatoms. The third kappa shape index (κ3) is 5.21. The Morgan fingerprint density at radius 1 is 0.943 bits per heavy atom. The summed E-state index contributed by atoms with van der Waals surface area (Å²) in [6, 6.07) is 17.6. The number of ketones is 1. The van der Waals surface area contributed by atoms with Gasteiger partial charge in [-0.3, -0.25) is 14.4 Å². The Balaban J connectivity index is 1.60. The van der Waals surface area contributed by atoms with Crippen molar-refractivity contribution in [3.63, 3.8) is 0 Å². The van der Waals surface area contributed by atoms with Gasteiger partial charge < -0.3 is 15.0 Å². The van der Waals surface area contributed by atoms with Gasteiger partial charge in [0, 0.05) is 16.8 Å². The molecular weight excluding hydrogens is 463 g/mol. The van der Waals surface area contributed by atoms with Crippen molar-refractivity contribution in [1.82, 2.24) is 9.55 Å². The lowest BCUT2D eigenvalue weighted by Crippen LogP contribution is -2.22. The van der Waals surface area contributed by atoms with Crippen LogP contribution in [0.1, 0.15) is 38.7 Å². The first kappa shape index (κ1) is 23.7. The third-order valence-corrected chi connectivity index (χ3v) is 5.39. The number of hydrogen-bond acceptors (Lipinski definition) is 4. The number of fused-ring (bicyclic) bond motifs is 1. The topological polar surface area (TPSA) is 101 Å². The van der Waals surface area contributed by atoms with Crippen molar-refractivity contribution < 1.29 is 32.7 Å². The lowest BCUT2D eigenvalue weighted by atomic mass is 10.0. The summed E-state index contributed by atoms with van der Waals surface area (Å²) in [5.74, 6) is -3.57. The maximum Gasteiger partial charge on any atom is 0.454 e. The number of hydrogen-bond donors (Lipinski definition) is 2. The molecule has 0 radical (unpaired) electrons. The first-order valence-electron chi connectivity index (χ1n) is 10.4. The minimum Gasteiger partial charge on any atom is -0.481 e. The number of aromatic nitrogens is 2. The molecule has 35 heavy (non-hydrogen) atoms. The van der Waals surface area contributed by atoms with Crippen molar-refractivity contribution in [2.75, 3.05) is 5.32 Å². The van der Waals surface area contributed by atoms with E-state index in [1.165, 1.54) is 6.33 Å². The van der Waals surface area contributed by atoms with Crippen molar-refractivity contribution in [3.8, 4) is 0 Å². The minimum atomic E-state index is -5.00. The average Bonchev–Trinajstić information content (AvgIpc) is 3.25. The Kier molecular flexibility index (Phi) is 6.37. The van der Waals surface area contributed by atoms with Crippen LogP contribution in [0, 0.1) is 0 Å². The van der Waals surface area contributed by atoms with Crippen LogP contribution in [0.4, 0.5) is 18.9 Å². The van der Waals surface area contributed by atoms with Gasteiger partial charge in [0.25, 0.3) is 11.7 Å². The smallest absolute Gasteiger partial charge is 0.454 e. The lowest BCUT2D eigenvalue weighted by molar-refractivity contribution is -0.137. The summed E-state index contributed by atoms with van der Waals surface area (Å²) in [7, 11) is 0. The highest BCUT2D eigenvalue weighted by molar-refractivity contribution is 6.06. The summed E-state index contributed by atoms with van der Waals surface area (Å²) in [6.45, 7) is 0. The van der Waals surface area contributed by atoms with Crippen molar-refractivity contribution in [3.05, 3.63) is 95.8 Å². The minimum absolute atomic E-state index is 0.0605. The van der Waals surface area contributed by atoms with Gasteiger partial charge in [0.2, 0.25) is 0 Å². The Morgan fingerprint density at radius 3 is 2.23 bits per heavy atom. The third-order valence-electron chi connectivity index (χ3n) is 5.39. The maximum atomic E-state index is 12.6. The van der Waals surface area contributed by atoms with Gasteiger partial charge in [-0.15, -0.1) is 0 Å². The molecule has 0 bridgehead atoms. The van der Waals surface area contributed by atoms with Crippen molar-refractivity contribution in [2.45, 2.75) is 18.6 Å². The van der Waals surface area contributed by atoms with Gasteiger partial charge in [-0.25, -0.2) is 4.98 Å². The predicted octanol–water partition coefficient (Wildman–Crippen LogP) is 5.10. The zero-order valence-electron chi connectivity index (χ0n) is 18.0. The summed E-state index contributed by atoms with van der Waals surface area (Å²) in [5, 5.41) is 12.1. The van der Waals surface area contributed by atoms with E-state index >= 15 is 0 Å². The molecule has 0 aliphatic heterocycles. The van der Waals surface area contributed by atoms with E-state index in [1.54, 1.807) is 22.8 Å². The number of rotatable bonds is 7. The molecular formula is C25H18F3N3O4. The molecule has 0 aliphatic rings. The number of amides is 1. The number of carboxylic acids is 1. The molecule has 0 aliphatic carbocycles. The number of imidazole rings is 1. The van der Waals surface area contributed by atoms with Gasteiger partial charge in [-0.05, 0) is 35.9 Å². The summed E-state index contributed by atoms with van der Waals surface area (Å²) in [4.78, 5) is 39.8. The van der Waals surface area contributed by atoms with Crippen LogP contribution in [-0.4, -0.2) is 38.5 Å². The molecule has 0 fully saturated rings. The van der Waals surface area contributed by atoms with E-state index in [0.29, 0.717) is 16.7 Å². The number of anilines is 1. The Hall–Kier alpha value is -4.47. The molecule has 4 rings (SSSR count). The fourth-order valence-corrected chi connectivity index (χ4v) is 3.71. The molecule has 2 N–H and O–H groups in total. The fourth-order valence-electron chi connectivity index (χ4n) is 3.71. The second-order valence-corrected chi connectivity index (χ2v) is 7.74. The number of carbonyl (C=O) groups excluding carboxylic acids is 2.